The van der Waals surface area contributed by atoms with Gasteiger partial charge in [-0.3, -0.25) is 0 Å². The standard InChI is InChI=1S/2C9H15N3.2ClH/c2*1-2-11-9-3-6-12(7-4-9)8-5-10;;/h2*3-4,6-7H,2,5,8,10H2,1H3;2*1H. The summed E-state index contributed by atoms with van der Waals surface area (Å²) in [6, 6.07) is 8.22. The molecule has 0 saturated carbocycles. The van der Waals surface area contributed by atoms with E-state index in [1.165, 1.54) is 0 Å². The molecular weight excluding hydrogens is 371 g/mol. The summed E-state index contributed by atoms with van der Waals surface area (Å²) < 4.78 is 4.14. The predicted molar refractivity (Wildman–Crippen MR) is 99.7 cm³/mol. The van der Waals surface area contributed by atoms with Crippen molar-refractivity contribution in [1.82, 2.24) is 0 Å². The van der Waals surface area contributed by atoms with Crippen LogP contribution < -0.4 is 56.0 Å². The molecule has 0 aliphatic rings. The van der Waals surface area contributed by atoms with E-state index in [2.05, 4.69) is 57.9 Å². The van der Waals surface area contributed by atoms with Crippen molar-refractivity contribution in [3.8, 4) is 0 Å². The number of nitrogens with one attached hydrogen (secondary N) is 2. The smallest absolute Gasteiger partial charge is 0.170 e. The molecule has 6 N–H and O–H groups in total. The Kier molecular flexibility index (Phi) is 17.3. The van der Waals surface area contributed by atoms with E-state index in [0.29, 0.717) is 13.1 Å². The van der Waals surface area contributed by atoms with Crippen LogP contribution in [0.4, 0.5) is 11.4 Å². The van der Waals surface area contributed by atoms with Crippen LogP contribution in [0, 0.1) is 0 Å². The Morgan fingerprint density at radius 1 is 0.692 bits per heavy atom. The Morgan fingerprint density at radius 2 is 1.00 bits per heavy atom. The number of halogens is 2. The summed E-state index contributed by atoms with van der Waals surface area (Å²) in [7, 11) is 0. The molecule has 2 heterocycles. The molecule has 0 aromatic carbocycles. The number of hydrogen-bond donors (Lipinski definition) is 4. The quantitative estimate of drug-likeness (QED) is 0.332. The zero-order chi connectivity index (χ0) is 17.6. The minimum Gasteiger partial charge on any atom is -1.00 e. The zero-order valence-corrected chi connectivity index (χ0v) is 17.2. The third kappa shape index (κ3) is 11.1. The van der Waals surface area contributed by atoms with E-state index in [1.807, 2.05) is 24.8 Å². The van der Waals surface area contributed by atoms with Crippen LogP contribution in [0.5, 0.6) is 0 Å². The number of rotatable bonds is 8. The van der Waals surface area contributed by atoms with Gasteiger partial charge in [0.1, 0.15) is 0 Å². The maximum absolute atomic E-state index is 5.42. The lowest BCUT2D eigenvalue weighted by Gasteiger charge is -2.00. The molecule has 8 heteroatoms. The second-order valence-corrected chi connectivity index (χ2v) is 5.29. The second-order valence-electron chi connectivity index (χ2n) is 5.29. The van der Waals surface area contributed by atoms with Gasteiger partial charge in [-0.15, -0.1) is 0 Å². The molecule has 2 aromatic heterocycles. The van der Waals surface area contributed by atoms with Crippen molar-refractivity contribution in [3.63, 3.8) is 0 Å². The number of nitrogens with zero attached hydrogens (tertiary/aromatic N) is 2. The highest BCUT2D eigenvalue weighted by Gasteiger charge is 1.97. The molecule has 0 radical (unpaired) electrons. The Hall–Kier alpha value is -1.60. The highest BCUT2D eigenvalue weighted by molar-refractivity contribution is 5.39. The topological polar surface area (TPSA) is 83.9 Å². The normalized spacial score (nSPS) is 9.08. The van der Waals surface area contributed by atoms with Gasteiger partial charge in [0.2, 0.25) is 0 Å². The molecule has 2 rings (SSSR count). The summed E-state index contributed by atoms with van der Waals surface area (Å²) in [5.41, 5.74) is 13.2. The fraction of sp³-hybridized carbons (Fsp3) is 0.444. The number of anilines is 2. The van der Waals surface area contributed by atoms with E-state index >= 15 is 0 Å². The third-order valence-corrected chi connectivity index (χ3v) is 3.32. The molecule has 0 amide bonds. The van der Waals surface area contributed by atoms with Gasteiger partial charge in [0, 0.05) is 48.7 Å². The average Bonchev–Trinajstić information content (AvgIpc) is 2.60. The summed E-state index contributed by atoms with van der Waals surface area (Å²) in [5.74, 6) is 0. The van der Waals surface area contributed by atoms with E-state index in [-0.39, 0.29) is 24.8 Å². The first-order valence-electron chi connectivity index (χ1n) is 8.59. The molecule has 148 valence electrons. The van der Waals surface area contributed by atoms with Gasteiger partial charge in [-0.25, -0.2) is 9.13 Å². The van der Waals surface area contributed by atoms with Gasteiger partial charge in [0.15, 0.2) is 37.9 Å². The number of pyridine rings is 2. The highest BCUT2D eigenvalue weighted by atomic mass is 35.5. The van der Waals surface area contributed by atoms with Crippen LogP contribution in [-0.2, 0) is 13.1 Å². The van der Waals surface area contributed by atoms with Crippen LogP contribution >= 0.6 is 0 Å². The highest BCUT2D eigenvalue weighted by Crippen LogP contribution is 2.01. The van der Waals surface area contributed by atoms with Crippen LogP contribution in [0.2, 0.25) is 0 Å². The fourth-order valence-electron chi connectivity index (χ4n) is 2.15. The van der Waals surface area contributed by atoms with E-state index in [4.69, 9.17) is 11.5 Å². The van der Waals surface area contributed by atoms with Crippen LogP contribution in [0.1, 0.15) is 13.8 Å². The van der Waals surface area contributed by atoms with Crippen molar-refractivity contribution in [1.29, 1.82) is 0 Å². The minimum atomic E-state index is 0. The van der Waals surface area contributed by atoms with Crippen molar-refractivity contribution in [2.24, 2.45) is 11.5 Å². The summed E-state index contributed by atoms with van der Waals surface area (Å²) in [5, 5.41) is 6.46. The van der Waals surface area contributed by atoms with Crippen LogP contribution in [0.3, 0.4) is 0 Å². The summed E-state index contributed by atoms with van der Waals surface area (Å²) >= 11 is 0. The van der Waals surface area contributed by atoms with E-state index in [9.17, 15) is 0 Å². The molecule has 0 atom stereocenters. The zero-order valence-electron chi connectivity index (χ0n) is 15.7. The monoisotopic (exact) mass is 402 g/mol. The molecule has 0 aliphatic heterocycles. The van der Waals surface area contributed by atoms with Crippen LogP contribution in [0.15, 0.2) is 49.1 Å². The summed E-state index contributed by atoms with van der Waals surface area (Å²) in [6.07, 6.45) is 8.13. The van der Waals surface area contributed by atoms with Gasteiger partial charge in [0.05, 0.1) is 13.1 Å². The molecule has 6 nitrogen and oxygen atoms in total. The Labute approximate surface area is 169 Å². The van der Waals surface area contributed by atoms with Crippen molar-refractivity contribution in [3.05, 3.63) is 49.1 Å². The first-order chi connectivity index (χ1) is 11.7. The van der Waals surface area contributed by atoms with Crippen LogP contribution in [-0.4, -0.2) is 26.2 Å². The minimum absolute atomic E-state index is 0. The van der Waals surface area contributed by atoms with Gasteiger partial charge in [-0.2, -0.15) is 0 Å². The molecule has 0 unspecified atom stereocenters. The first kappa shape index (κ1) is 26.6. The predicted octanol–water partition coefficient (Wildman–Crippen LogP) is -5.26. The molecule has 2 aromatic rings. The van der Waals surface area contributed by atoms with Gasteiger partial charge < -0.3 is 46.9 Å². The molecule has 0 fully saturated rings. The lowest BCUT2D eigenvalue weighted by atomic mass is 10.4. The van der Waals surface area contributed by atoms with E-state index < -0.39 is 0 Å². The van der Waals surface area contributed by atoms with Crippen molar-refractivity contribution >= 4 is 11.4 Å². The lowest BCUT2D eigenvalue weighted by molar-refractivity contribution is -0.694. The second kappa shape index (κ2) is 16.8. The number of aromatic nitrogens is 2. The molecule has 26 heavy (non-hydrogen) atoms. The third-order valence-electron chi connectivity index (χ3n) is 3.32. The SMILES string of the molecule is CCNc1cc[n+](CCN)cc1.CCNc1cc[n+](CCN)cc1.[Cl-].[Cl-]. The fourth-order valence-corrected chi connectivity index (χ4v) is 2.15. The average molecular weight is 403 g/mol. The number of nitrogens with two attached hydrogens (primary N) is 2. The summed E-state index contributed by atoms with van der Waals surface area (Å²) in [6.45, 7) is 9.22. The summed E-state index contributed by atoms with van der Waals surface area (Å²) in [4.78, 5) is 0. The van der Waals surface area contributed by atoms with Gasteiger partial charge in [-0.1, -0.05) is 0 Å². The maximum Gasteiger partial charge on any atom is 0.170 e. The van der Waals surface area contributed by atoms with Crippen molar-refractivity contribution < 1.29 is 33.9 Å². The molecule has 0 saturated heterocycles. The lowest BCUT2D eigenvalue weighted by Crippen LogP contribution is -3.00. The van der Waals surface area contributed by atoms with E-state index in [0.717, 1.165) is 37.6 Å². The van der Waals surface area contributed by atoms with E-state index in [1.54, 1.807) is 0 Å². The molecular formula is C18H32Cl2N6. The molecule has 0 bridgehead atoms. The Balaban J connectivity index is 0. The van der Waals surface area contributed by atoms with Crippen molar-refractivity contribution in [2.45, 2.75) is 26.9 Å². The van der Waals surface area contributed by atoms with Gasteiger partial charge in [-0.05, 0) is 13.8 Å². The molecule has 0 spiro atoms. The maximum atomic E-state index is 5.42. The first-order valence-corrected chi connectivity index (χ1v) is 8.59. The number of hydrogen-bond acceptors (Lipinski definition) is 4. The van der Waals surface area contributed by atoms with Crippen LogP contribution in [0.25, 0.3) is 0 Å². The molecule has 0 aliphatic carbocycles. The Bertz CT molecular complexity index is 447. The largest absolute Gasteiger partial charge is 1.00 e. The Morgan fingerprint density at radius 3 is 1.23 bits per heavy atom. The van der Waals surface area contributed by atoms with Gasteiger partial charge >= 0.3 is 0 Å². The van der Waals surface area contributed by atoms with Crippen molar-refractivity contribution in [2.75, 3.05) is 36.8 Å². The van der Waals surface area contributed by atoms with Gasteiger partial charge in [0.25, 0.3) is 0 Å².